The first-order valence-corrected chi connectivity index (χ1v) is 22.6. The number of esters is 1. The molecule has 322 valence electrons. The van der Waals surface area contributed by atoms with Crippen molar-refractivity contribution in [2.45, 2.75) is 198 Å². The lowest BCUT2D eigenvalue weighted by Crippen LogP contribution is -2.60. The van der Waals surface area contributed by atoms with E-state index in [1.807, 2.05) is 0 Å². The van der Waals surface area contributed by atoms with E-state index < -0.39 is 59.8 Å². The van der Waals surface area contributed by atoms with Crippen molar-refractivity contribution in [2.24, 2.45) is 0 Å². The fraction of sp³-hybridized carbons (Fsp3) is 0.833. The van der Waals surface area contributed by atoms with Crippen LogP contribution in [0, 0.1) is 0 Å². The van der Waals surface area contributed by atoms with Crippen molar-refractivity contribution in [3.8, 4) is 0 Å². The normalized spacial score (nSPS) is 21.3. The molecule has 6 unspecified atom stereocenters. The molecule has 0 aromatic carbocycles. The number of unbranched alkanes of at least 4 members (excludes halogenated alkanes) is 17. The highest BCUT2D eigenvalue weighted by Gasteiger charge is 2.48. The molecule has 0 aromatic heterocycles. The first kappa shape index (κ1) is 51.3. The maximum atomic E-state index is 12.8. The van der Waals surface area contributed by atoms with E-state index in [1.54, 1.807) is 0 Å². The Kier molecular flexibility index (Phi) is 32.1. The molecule has 0 amide bonds. The molecule has 0 saturated carbocycles. The van der Waals surface area contributed by atoms with Crippen LogP contribution in [-0.2, 0) is 38.3 Å². The third kappa shape index (κ3) is 28.4. The van der Waals surface area contributed by atoms with Gasteiger partial charge in [-0.05, 0) is 51.4 Å². The number of ether oxygens (including phenoxy) is 4. The first-order chi connectivity index (χ1) is 26.6. The minimum atomic E-state index is -5.06. The summed E-state index contributed by atoms with van der Waals surface area (Å²) in [5.74, 6) is -0.414. The summed E-state index contributed by atoms with van der Waals surface area (Å²) in [6, 6.07) is 0. The van der Waals surface area contributed by atoms with E-state index in [9.17, 15) is 28.5 Å². The molecule has 4 N–H and O–H groups in total. The quantitative estimate of drug-likeness (QED) is 0.0207. The van der Waals surface area contributed by atoms with Gasteiger partial charge in [0.05, 0.1) is 19.8 Å². The molecule has 1 aliphatic rings. The highest BCUT2D eigenvalue weighted by molar-refractivity contribution is 7.80. The Hall–Kier alpha value is -1.68. The molecule has 55 heavy (non-hydrogen) atoms. The Labute approximate surface area is 333 Å². The molecule has 6 atom stereocenters. The predicted octanol–water partition coefficient (Wildman–Crippen LogP) is 8.24. The van der Waals surface area contributed by atoms with Gasteiger partial charge in [0.25, 0.3) is 0 Å². The van der Waals surface area contributed by atoms with Gasteiger partial charge in [0.2, 0.25) is 0 Å². The van der Waals surface area contributed by atoms with Crippen molar-refractivity contribution in [3.63, 3.8) is 0 Å². The Morgan fingerprint density at radius 1 is 0.691 bits per heavy atom. The van der Waals surface area contributed by atoms with Crippen molar-refractivity contribution in [3.05, 3.63) is 36.5 Å². The van der Waals surface area contributed by atoms with Crippen LogP contribution in [-0.4, -0.2) is 97.5 Å². The number of allylic oxidation sites excluding steroid dienone is 6. The summed E-state index contributed by atoms with van der Waals surface area (Å²) in [6.45, 7) is 3.90. The van der Waals surface area contributed by atoms with Gasteiger partial charge >= 0.3 is 16.4 Å². The van der Waals surface area contributed by atoms with Crippen LogP contribution in [0.15, 0.2) is 36.5 Å². The monoisotopic (exact) mass is 805 g/mol. The second-order valence-electron chi connectivity index (χ2n) is 14.6. The molecule has 0 aromatic rings. The second-order valence-corrected chi connectivity index (χ2v) is 15.6. The lowest BCUT2D eigenvalue weighted by atomic mass is 9.99. The van der Waals surface area contributed by atoms with Gasteiger partial charge in [-0.15, -0.1) is 0 Å². The molecule has 1 heterocycles. The summed E-state index contributed by atoms with van der Waals surface area (Å²) in [5.41, 5.74) is 0. The van der Waals surface area contributed by atoms with Crippen molar-refractivity contribution in [1.29, 1.82) is 0 Å². The van der Waals surface area contributed by atoms with Gasteiger partial charge in [-0.3, -0.25) is 9.35 Å². The molecule has 13 heteroatoms. The SMILES string of the molecule is CCCCCCC/C=C\C/C=C\C/C=C\CCCCCCCCC(=O)OC(COCCCCCCCCC)COC1OC(CO)C(O)C(OS(=O)(=O)O)C1O. The van der Waals surface area contributed by atoms with Gasteiger partial charge in [0, 0.05) is 13.0 Å². The Balaban J connectivity index is 2.38. The Morgan fingerprint density at radius 3 is 1.75 bits per heavy atom. The first-order valence-electron chi connectivity index (χ1n) is 21.2. The summed E-state index contributed by atoms with van der Waals surface area (Å²) in [6.07, 6.45) is 29.2. The van der Waals surface area contributed by atoms with Gasteiger partial charge in [0.1, 0.15) is 30.5 Å². The van der Waals surface area contributed by atoms with Gasteiger partial charge in [-0.25, -0.2) is 4.18 Å². The van der Waals surface area contributed by atoms with E-state index >= 15 is 0 Å². The van der Waals surface area contributed by atoms with Crippen LogP contribution in [0.25, 0.3) is 0 Å². The standard InChI is InChI=1S/C42H76O12S/c1-3-5-7-9-11-12-13-14-15-16-17-18-19-20-21-22-23-24-25-27-29-31-38(44)52-36(34-50-32-30-28-26-10-8-6-4-2)35-51-42-40(46)41(54-55(47,48)49)39(45)37(33-43)53-42/h13-14,16-17,19-20,36-37,39-43,45-46H,3-12,15,18,21-35H2,1-2H3,(H,47,48,49)/b14-13-,17-16-,20-19-. The van der Waals surface area contributed by atoms with Gasteiger partial charge in [-0.2, -0.15) is 8.42 Å². The zero-order chi connectivity index (χ0) is 40.4. The number of hydrogen-bond acceptors (Lipinski definition) is 11. The Bertz CT molecular complexity index is 1110. The highest BCUT2D eigenvalue weighted by atomic mass is 32.3. The summed E-state index contributed by atoms with van der Waals surface area (Å²) >= 11 is 0. The molecule has 0 aliphatic carbocycles. The zero-order valence-electron chi connectivity index (χ0n) is 34.0. The molecule has 1 fully saturated rings. The van der Waals surface area contributed by atoms with Crippen LogP contribution in [0.2, 0.25) is 0 Å². The lowest BCUT2D eigenvalue weighted by molar-refractivity contribution is -0.301. The van der Waals surface area contributed by atoms with Crippen molar-refractivity contribution < 1.29 is 56.2 Å². The third-order valence-corrected chi connectivity index (χ3v) is 9.98. The molecule has 1 aliphatic heterocycles. The van der Waals surface area contributed by atoms with Crippen LogP contribution >= 0.6 is 0 Å². The molecule has 1 saturated heterocycles. The average Bonchev–Trinajstić information content (AvgIpc) is 3.15. The number of aliphatic hydroxyl groups excluding tert-OH is 3. The molecular formula is C42H76O12S. The van der Waals surface area contributed by atoms with Crippen LogP contribution in [0.4, 0.5) is 0 Å². The smallest absolute Gasteiger partial charge is 0.397 e. The number of aliphatic hydroxyl groups is 3. The summed E-state index contributed by atoms with van der Waals surface area (Å²) < 4.78 is 58.7. The second kappa shape index (κ2) is 34.4. The van der Waals surface area contributed by atoms with E-state index in [2.05, 4.69) is 54.5 Å². The molecule has 0 bridgehead atoms. The molecule has 0 spiro atoms. The number of carbonyl (C=O) groups excluding carboxylic acids is 1. The minimum Gasteiger partial charge on any atom is -0.457 e. The molecular weight excluding hydrogens is 729 g/mol. The van der Waals surface area contributed by atoms with E-state index in [-0.39, 0.29) is 19.6 Å². The fourth-order valence-corrected chi connectivity index (χ4v) is 6.77. The highest BCUT2D eigenvalue weighted by Crippen LogP contribution is 2.26. The third-order valence-electron chi connectivity index (χ3n) is 9.52. The van der Waals surface area contributed by atoms with Gasteiger partial charge in [0.15, 0.2) is 6.29 Å². The van der Waals surface area contributed by atoms with Crippen molar-refractivity contribution in [1.82, 2.24) is 0 Å². The average molecular weight is 805 g/mol. The van der Waals surface area contributed by atoms with Crippen molar-refractivity contribution >= 4 is 16.4 Å². The summed E-state index contributed by atoms with van der Waals surface area (Å²) in [7, 11) is -5.06. The zero-order valence-corrected chi connectivity index (χ0v) is 34.8. The maximum Gasteiger partial charge on any atom is 0.397 e. The van der Waals surface area contributed by atoms with Crippen LogP contribution < -0.4 is 0 Å². The number of rotatable bonds is 36. The van der Waals surface area contributed by atoms with Crippen LogP contribution in [0.5, 0.6) is 0 Å². The molecule has 0 radical (unpaired) electrons. The summed E-state index contributed by atoms with van der Waals surface area (Å²) in [4.78, 5) is 12.8. The van der Waals surface area contributed by atoms with E-state index in [0.717, 1.165) is 70.6 Å². The topological polar surface area (TPSA) is 178 Å². The fourth-order valence-electron chi connectivity index (χ4n) is 6.27. The molecule has 1 rings (SSSR count). The van der Waals surface area contributed by atoms with Gasteiger partial charge in [-0.1, -0.05) is 140 Å². The lowest BCUT2D eigenvalue weighted by Gasteiger charge is -2.41. The minimum absolute atomic E-state index is 0.0305. The number of hydrogen-bond donors (Lipinski definition) is 4. The van der Waals surface area contributed by atoms with Crippen LogP contribution in [0.1, 0.15) is 162 Å². The molecule has 12 nitrogen and oxygen atoms in total. The summed E-state index contributed by atoms with van der Waals surface area (Å²) in [5, 5.41) is 30.5. The largest absolute Gasteiger partial charge is 0.457 e. The van der Waals surface area contributed by atoms with Gasteiger partial charge < -0.3 is 34.3 Å². The maximum absolute atomic E-state index is 12.8. The Morgan fingerprint density at radius 2 is 1.20 bits per heavy atom. The van der Waals surface area contributed by atoms with E-state index in [1.165, 1.54) is 64.2 Å². The van der Waals surface area contributed by atoms with E-state index in [4.69, 9.17) is 23.5 Å². The number of carbonyl (C=O) groups is 1. The van der Waals surface area contributed by atoms with E-state index in [0.29, 0.717) is 13.0 Å². The predicted molar refractivity (Wildman–Crippen MR) is 216 cm³/mol. The van der Waals surface area contributed by atoms with Crippen LogP contribution in [0.3, 0.4) is 0 Å². The van der Waals surface area contributed by atoms with Crippen molar-refractivity contribution in [2.75, 3.05) is 26.4 Å².